The summed E-state index contributed by atoms with van der Waals surface area (Å²) in [6.45, 7) is 4.28. The Morgan fingerprint density at radius 1 is 1.00 bits per heavy atom. The van der Waals surface area contributed by atoms with Crippen molar-refractivity contribution in [1.82, 2.24) is 14.8 Å². The number of nitrogens with zero attached hydrogens (tertiary/aromatic N) is 3. The largest absolute Gasteiger partial charge is 0.333 e. The molecule has 4 aromatic rings. The van der Waals surface area contributed by atoms with Gasteiger partial charge in [-0.2, -0.15) is 0 Å². The lowest BCUT2D eigenvalue weighted by Gasteiger charge is -2.40. The molecule has 0 radical (unpaired) electrons. The minimum atomic E-state index is -3.88. The Morgan fingerprint density at radius 3 is 2.51 bits per heavy atom. The highest BCUT2D eigenvalue weighted by Gasteiger charge is 2.28. The Morgan fingerprint density at radius 2 is 1.76 bits per heavy atom. The van der Waals surface area contributed by atoms with Crippen LogP contribution in [0, 0.1) is 5.82 Å². The second-order valence-corrected chi connectivity index (χ2v) is 10.8. The fourth-order valence-electron chi connectivity index (χ4n) is 4.70. The molecular weight excluding hydrogens is 491 g/mol. The lowest BCUT2D eigenvalue weighted by atomic mass is 10.1. The zero-order chi connectivity index (χ0) is 26.0. The van der Waals surface area contributed by atoms with Crippen molar-refractivity contribution in [2.45, 2.75) is 24.4 Å². The van der Waals surface area contributed by atoms with E-state index >= 15 is 0 Å². The predicted octanol–water partition coefficient (Wildman–Crippen LogP) is 4.52. The number of halogens is 1. The summed E-state index contributed by atoms with van der Waals surface area (Å²) >= 11 is 0. The molecule has 0 spiro atoms. The van der Waals surface area contributed by atoms with E-state index in [1.54, 1.807) is 59.6 Å². The van der Waals surface area contributed by atoms with Gasteiger partial charge in [0.05, 0.1) is 5.52 Å². The number of hydrogen-bond donors (Lipinski definition) is 1. The van der Waals surface area contributed by atoms with Crippen LogP contribution in [0.1, 0.15) is 22.8 Å². The number of aromatic nitrogens is 1. The van der Waals surface area contributed by atoms with Crippen LogP contribution in [-0.2, 0) is 16.6 Å². The average molecular weight is 519 g/mol. The number of rotatable bonds is 6. The first-order valence-electron chi connectivity index (χ1n) is 12.1. The number of benzene rings is 3. The number of sulfonamides is 1. The van der Waals surface area contributed by atoms with Gasteiger partial charge in [0, 0.05) is 60.6 Å². The molecule has 5 rings (SSSR count). The lowest BCUT2D eigenvalue weighted by Crippen LogP contribution is -2.53. The number of anilines is 1. The van der Waals surface area contributed by atoms with Crippen LogP contribution in [-0.4, -0.2) is 54.8 Å². The van der Waals surface area contributed by atoms with Crippen LogP contribution < -0.4 is 4.72 Å². The van der Waals surface area contributed by atoms with Crippen molar-refractivity contribution in [3.05, 3.63) is 102 Å². The summed E-state index contributed by atoms with van der Waals surface area (Å²) in [6.07, 6.45) is 1.56. The Bertz CT molecular complexity index is 1540. The summed E-state index contributed by atoms with van der Waals surface area (Å²) in [7, 11) is -3.88. The number of hydrogen-bond acceptors (Lipinski definition) is 5. The number of amides is 1. The Labute approximate surface area is 215 Å². The summed E-state index contributed by atoms with van der Waals surface area (Å²) in [5.41, 5.74) is 1.87. The fraction of sp³-hybridized carbons (Fsp3) is 0.214. The van der Waals surface area contributed by atoms with Crippen molar-refractivity contribution in [2.24, 2.45) is 0 Å². The van der Waals surface area contributed by atoms with Crippen molar-refractivity contribution in [3.63, 3.8) is 0 Å². The van der Waals surface area contributed by atoms with Gasteiger partial charge in [-0.15, -0.1) is 0 Å². The maximum atomic E-state index is 14.0. The van der Waals surface area contributed by atoms with Gasteiger partial charge < -0.3 is 4.90 Å². The Hall–Kier alpha value is -3.82. The zero-order valence-electron chi connectivity index (χ0n) is 20.3. The van der Waals surface area contributed by atoms with Gasteiger partial charge in [-0.25, -0.2) is 12.8 Å². The second-order valence-electron chi connectivity index (χ2n) is 9.19. The lowest BCUT2D eigenvalue weighted by molar-refractivity contribution is 0.0473. The second kappa shape index (κ2) is 10.3. The minimum absolute atomic E-state index is 0.0509. The maximum absolute atomic E-state index is 14.0. The van der Waals surface area contributed by atoms with Crippen molar-refractivity contribution >= 4 is 32.5 Å². The van der Waals surface area contributed by atoms with Gasteiger partial charge in [0.1, 0.15) is 10.7 Å². The molecule has 1 atom stereocenters. The molecule has 1 aliphatic heterocycles. The highest BCUT2D eigenvalue weighted by atomic mass is 32.2. The van der Waals surface area contributed by atoms with E-state index in [9.17, 15) is 17.6 Å². The van der Waals surface area contributed by atoms with Crippen LogP contribution >= 0.6 is 0 Å². The van der Waals surface area contributed by atoms with E-state index in [2.05, 4.69) is 14.6 Å². The van der Waals surface area contributed by atoms with Crippen molar-refractivity contribution in [3.8, 4) is 0 Å². The number of carbonyl (C=O) groups is 1. The van der Waals surface area contributed by atoms with Gasteiger partial charge in [-0.3, -0.25) is 19.4 Å². The van der Waals surface area contributed by atoms with Crippen LogP contribution in [0.5, 0.6) is 0 Å². The fourth-order valence-corrected chi connectivity index (χ4v) is 5.93. The molecule has 7 nitrogen and oxygen atoms in total. The number of pyridine rings is 1. The first-order valence-corrected chi connectivity index (χ1v) is 13.5. The molecule has 37 heavy (non-hydrogen) atoms. The van der Waals surface area contributed by atoms with Crippen LogP contribution in [0.2, 0.25) is 0 Å². The summed E-state index contributed by atoms with van der Waals surface area (Å²) < 4.78 is 42.7. The van der Waals surface area contributed by atoms with E-state index in [4.69, 9.17) is 0 Å². The Balaban J connectivity index is 1.25. The first-order chi connectivity index (χ1) is 17.8. The van der Waals surface area contributed by atoms with Gasteiger partial charge in [0.2, 0.25) is 0 Å². The van der Waals surface area contributed by atoms with Gasteiger partial charge in [-0.05, 0) is 49.4 Å². The minimum Gasteiger partial charge on any atom is -0.333 e. The molecule has 190 valence electrons. The molecule has 1 amide bonds. The molecule has 2 heterocycles. The number of nitrogens with one attached hydrogen (secondary N) is 1. The molecule has 1 N–H and O–H groups in total. The van der Waals surface area contributed by atoms with Gasteiger partial charge in [-0.1, -0.05) is 36.4 Å². The van der Waals surface area contributed by atoms with Gasteiger partial charge >= 0.3 is 0 Å². The Kier molecular flexibility index (Phi) is 6.90. The third kappa shape index (κ3) is 5.33. The molecule has 1 fully saturated rings. The van der Waals surface area contributed by atoms with E-state index < -0.39 is 10.0 Å². The number of carbonyl (C=O) groups excluding carboxylic acids is 1. The number of piperazine rings is 1. The van der Waals surface area contributed by atoms with E-state index in [0.29, 0.717) is 48.5 Å². The number of para-hydroxylation sites is 1. The molecule has 0 unspecified atom stereocenters. The third-order valence-corrected chi connectivity index (χ3v) is 8.01. The summed E-state index contributed by atoms with van der Waals surface area (Å²) in [5, 5.41) is 0.731. The maximum Gasteiger partial charge on any atom is 0.264 e. The SMILES string of the molecule is C[C@H]1CN(Cc2ccccc2F)CCN1C(=O)c1ccc(NS(=O)(=O)c2cccc3cccnc23)cc1. The third-order valence-electron chi connectivity index (χ3n) is 6.59. The highest BCUT2D eigenvalue weighted by Crippen LogP contribution is 2.24. The van der Waals surface area contributed by atoms with E-state index in [0.717, 1.165) is 5.39 Å². The molecule has 0 bridgehead atoms. The molecular formula is C28H27FN4O3S. The normalized spacial score (nSPS) is 16.6. The molecule has 9 heteroatoms. The zero-order valence-corrected chi connectivity index (χ0v) is 21.2. The first kappa shape index (κ1) is 24.9. The van der Waals surface area contributed by atoms with E-state index in [1.807, 2.05) is 25.1 Å². The topological polar surface area (TPSA) is 82.6 Å². The summed E-state index contributed by atoms with van der Waals surface area (Å²) in [6, 6.07) is 21.7. The smallest absolute Gasteiger partial charge is 0.264 e. The standard InChI is InChI=1S/C28H27FN4O3S/c1-20-18-32(19-23-6-2-3-9-25(23)29)16-17-33(20)28(34)22-11-13-24(14-12-22)31-37(35,36)26-10-4-7-21-8-5-15-30-27(21)26/h2-15,20,31H,16-19H2,1H3/t20-/m0/s1. The molecule has 1 aliphatic rings. The monoisotopic (exact) mass is 518 g/mol. The van der Waals surface area contributed by atoms with Crippen LogP contribution in [0.25, 0.3) is 10.9 Å². The van der Waals surface area contributed by atoms with Crippen LogP contribution in [0.15, 0.2) is 90.0 Å². The molecule has 3 aromatic carbocycles. The van der Waals surface area contributed by atoms with Crippen LogP contribution in [0.4, 0.5) is 10.1 Å². The average Bonchev–Trinajstić information content (AvgIpc) is 2.89. The van der Waals surface area contributed by atoms with Gasteiger partial charge in [0.15, 0.2) is 0 Å². The van der Waals surface area contributed by atoms with E-state index in [1.165, 1.54) is 12.1 Å². The van der Waals surface area contributed by atoms with Crippen molar-refractivity contribution < 1.29 is 17.6 Å². The summed E-state index contributed by atoms with van der Waals surface area (Å²) in [5.74, 6) is -0.341. The molecule has 1 aromatic heterocycles. The quantitative estimate of drug-likeness (QED) is 0.406. The van der Waals surface area contributed by atoms with E-state index in [-0.39, 0.29) is 22.7 Å². The van der Waals surface area contributed by atoms with Gasteiger partial charge in [0.25, 0.3) is 15.9 Å². The molecule has 0 saturated carbocycles. The predicted molar refractivity (Wildman–Crippen MR) is 141 cm³/mol. The molecule has 1 saturated heterocycles. The van der Waals surface area contributed by atoms with Crippen LogP contribution in [0.3, 0.4) is 0 Å². The number of fused-ring (bicyclic) bond motifs is 1. The highest BCUT2D eigenvalue weighted by molar-refractivity contribution is 7.93. The summed E-state index contributed by atoms with van der Waals surface area (Å²) in [4.78, 5) is 21.5. The molecule has 0 aliphatic carbocycles. The van der Waals surface area contributed by atoms with Crippen molar-refractivity contribution in [2.75, 3.05) is 24.4 Å². The van der Waals surface area contributed by atoms with Crippen molar-refractivity contribution in [1.29, 1.82) is 0 Å².